The van der Waals surface area contributed by atoms with Crippen LogP contribution < -0.4 is 10.6 Å². The van der Waals surface area contributed by atoms with Crippen molar-refractivity contribution in [3.05, 3.63) is 90.3 Å². The lowest BCUT2D eigenvalue weighted by Gasteiger charge is -2.26. The number of nitrogens with one attached hydrogen (secondary N) is 2. The molecule has 1 fully saturated rings. The summed E-state index contributed by atoms with van der Waals surface area (Å²) in [5.74, 6) is -1.23. The van der Waals surface area contributed by atoms with Gasteiger partial charge in [-0.05, 0) is 76.3 Å². The second kappa shape index (κ2) is 29.7. The number of morpholine rings is 1. The lowest BCUT2D eigenvalue weighted by molar-refractivity contribution is -0.156. The fourth-order valence-electron chi connectivity index (χ4n) is 5.21. The number of unbranched alkanes of at least 4 members (excludes halogenated alkanes) is 2. The number of nitrogens with zero attached hydrogens (tertiary/aromatic N) is 2. The monoisotopic (exact) mass is 722 g/mol. The van der Waals surface area contributed by atoms with Crippen molar-refractivity contribution in [3.63, 3.8) is 0 Å². The molecule has 0 spiro atoms. The summed E-state index contributed by atoms with van der Waals surface area (Å²) in [6, 6.07) is 2.50. The number of pyridine rings is 1. The minimum Gasteiger partial charge on any atom is -0.456 e. The van der Waals surface area contributed by atoms with E-state index in [1.807, 2.05) is 6.07 Å². The molecule has 1 aromatic heterocycles. The van der Waals surface area contributed by atoms with E-state index in [-0.39, 0.29) is 12.3 Å². The van der Waals surface area contributed by atoms with E-state index in [1.165, 1.54) is 6.20 Å². The van der Waals surface area contributed by atoms with E-state index in [4.69, 9.17) is 9.47 Å². The Morgan fingerprint density at radius 2 is 1.52 bits per heavy atom. The van der Waals surface area contributed by atoms with Gasteiger partial charge in [0.05, 0.1) is 32.0 Å². The highest BCUT2D eigenvalue weighted by molar-refractivity contribution is 5.96. The summed E-state index contributed by atoms with van der Waals surface area (Å²) in [6.07, 6.45) is 31.1. The maximum Gasteiger partial charge on any atom is 0.329 e. The van der Waals surface area contributed by atoms with Gasteiger partial charge in [-0.1, -0.05) is 67.7 Å². The number of carbonyl (C=O) groups excluding carboxylic acids is 3. The first-order valence-electron chi connectivity index (χ1n) is 19.0. The number of esters is 1. The largest absolute Gasteiger partial charge is 0.456 e. The Morgan fingerprint density at radius 3 is 2.12 bits per heavy atom. The van der Waals surface area contributed by atoms with Gasteiger partial charge in [-0.15, -0.1) is 0 Å². The maximum atomic E-state index is 13.0. The molecule has 2 rings (SSSR count). The molecule has 0 saturated carbocycles. The third-order valence-corrected chi connectivity index (χ3v) is 8.33. The van der Waals surface area contributed by atoms with Crippen molar-refractivity contribution in [2.75, 3.05) is 52.6 Å². The molecule has 0 bridgehead atoms. The van der Waals surface area contributed by atoms with Crippen molar-refractivity contribution in [1.29, 1.82) is 0 Å². The van der Waals surface area contributed by atoms with E-state index in [2.05, 4.69) is 88.2 Å². The van der Waals surface area contributed by atoms with Crippen molar-refractivity contribution in [2.45, 2.75) is 96.1 Å². The lowest BCUT2D eigenvalue weighted by Crippen LogP contribution is -2.44. The Labute approximate surface area is 310 Å². The zero-order chi connectivity index (χ0) is 37.5. The molecule has 2 heterocycles. The number of aliphatic hydroxyl groups excluding tert-OH is 2. The van der Waals surface area contributed by atoms with Gasteiger partial charge in [0, 0.05) is 50.9 Å². The van der Waals surface area contributed by atoms with Crippen LogP contribution in [0.3, 0.4) is 0 Å². The van der Waals surface area contributed by atoms with Crippen LogP contribution in [0.5, 0.6) is 0 Å². The van der Waals surface area contributed by atoms with Gasteiger partial charge in [-0.2, -0.15) is 0 Å². The van der Waals surface area contributed by atoms with E-state index < -0.39 is 37.2 Å². The molecule has 2 amide bonds. The van der Waals surface area contributed by atoms with Gasteiger partial charge in [0.2, 0.25) is 5.91 Å². The second-order valence-electron chi connectivity index (χ2n) is 12.6. The summed E-state index contributed by atoms with van der Waals surface area (Å²) in [7, 11) is 0. The molecule has 288 valence electrons. The van der Waals surface area contributed by atoms with Crippen LogP contribution in [0.15, 0.2) is 79.1 Å². The maximum absolute atomic E-state index is 13.0. The second-order valence-corrected chi connectivity index (χ2v) is 12.6. The van der Waals surface area contributed by atoms with Crippen LogP contribution in [0, 0.1) is 0 Å². The number of rotatable bonds is 27. The van der Waals surface area contributed by atoms with Gasteiger partial charge in [-0.25, -0.2) is 4.79 Å². The first-order chi connectivity index (χ1) is 25.5. The number of ether oxygens (including phenoxy) is 2. The van der Waals surface area contributed by atoms with Gasteiger partial charge in [-0.3, -0.25) is 19.5 Å². The normalized spacial score (nSPS) is 14.8. The van der Waals surface area contributed by atoms with Crippen molar-refractivity contribution in [2.24, 2.45) is 0 Å². The molecule has 1 atom stereocenters. The number of amides is 2. The van der Waals surface area contributed by atoms with E-state index in [9.17, 15) is 24.6 Å². The fraction of sp³-hybridized carbons (Fsp3) is 0.561. The van der Waals surface area contributed by atoms with Crippen LogP contribution in [0.4, 0.5) is 0 Å². The quantitative estimate of drug-likeness (QED) is 0.0549. The molecule has 1 aliphatic rings. The summed E-state index contributed by atoms with van der Waals surface area (Å²) in [6.45, 7) is 5.62. The van der Waals surface area contributed by atoms with Crippen LogP contribution in [-0.2, 0) is 25.5 Å². The smallest absolute Gasteiger partial charge is 0.329 e. The van der Waals surface area contributed by atoms with E-state index >= 15 is 0 Å². The fourth-order valence-corrected chi connectivity index (χ4v) is 5.21. The van der Waals surface area contributed by atoms with Gasteiger partial charge < -0.3 is 30.3 Å². The summed E-state index contributed by atoms with van der Waals surface area (Å²) >= 11 is 0. The minimum absolute atomic E-state index is 0.0220. The standard InChI is InChI=1S/C41H62N4O7/c1-2-3-4-5-6-7-8-9-10-11-12-13-14-15-16-17-18-22-39(48)42-26-20-19-21-38(41(50)52-37(33-46)34-47)44-40(49)35-23-24-36(43-32-35)25-27-45-28-30-51-31-29-45/h3-4,6-7,9-10,12-13,15-16,23-24,32,37-38,46-47H,2,5,8,11,14,17-22,25-31,33-34H2,1H3,(H,42,48)(H,44,49)/t38-/m0/s1. The third kappa shape index (κ3) is 21.5. The molecule has 0 aromatic carbocycles. The number of aliphatic hydroxyl groups is 2. The first-order valence-corrected chi connectivity index (χ1v) is 19.0. The van der Waals surface area contributed by atoms with E-state index in [1.54, 1.807) is 6.07 Å². The molecular weight excluding hydrogens is 660 g/mol. The van der Waals surface area contributed by atoms with Crippen molar-refractivity contribution in [3.8, 4) is 0 Å². The Bertz CT molecular complexity index is 1270. The van der Waals surface area contributed by atoms with Gasteiger partial charge >= 0.3 is 5.97 Å². The summed E-state index contributed by atoms with van der Waals surface area (Å²) in [5.41, 5.74) is 1.18. The molecule has 52 heavy (non-hydrogen) atoms. The molecule has 0 aliphatic carbocycles. The molecule has 1 saturated heterocycles. The van der Waals surface area contributed by atoms with Crippen LogP contribution in [0.1, 0.15) is 93.6 Å². The lowest BCUT2D eigenvalue weighted by atomic mass is 10.1. The summed E-state index contributed by atoms with van der Waals surface area (Å²) < 4.78 is 10.6. The average molecular weight is 723 g/mol. The molecule has 11 heteroatoms. The molecule has 1 aliphatic heterocycles. The van der Waals surface area contributed by atoms with Crippen LogP contribution in [0.2, 0.25) is 0 Å². The van der Waals surface area contributed by atoms with Crippen LogP contribution >= 0.6 is 0 Å². The van der Waals surface area contributed by atoms with Crippen molar-refractivity contribution in [1.82, 2.24) is 20.5 Å². The Balaban J connectivity index is 1.64. The highest BCUT2D eigenvalue weighted by atomic mass is 16.6. The van der Waals surface area contributed by atoms with E-state index in [0.717, 1.165) is 89.9 Å². The number of hydrogen-bond donors (Lipinski definition) is 4. The minimum atomic E-state index is -1.08. The number of hydrogen-bond acceptors (Lipinski definition) is 9. The SMILES string of the molecule is CCC=CCC=CCC=CCC=CCC=CCCCC(=O)NCCCC[C@H](NC(=O)c1ccc(CCN2CCOCC2)nc1)C(=O)OC(CO)CO. The predicted molar refractivity (Wildman–Crippen MR) is 206 cm³/mol. The average Bonchev–Trinajstić information content (AvgIpc) is 3.17. The Kier molecular flexibility index (Phi) is 25.2. The van der Waals surface area contributed by atoms with Crippen LogP contribution in [0.25, 0.3) is 0 Å². The zero-order valence-corrected chi connectivity index (χ0v) is 31.1. The predicted octanol–water partition coefficient (Wildman–Crippen LogP) is 5.16. The Hall–Kier alpha value is -3.90. The first kappa shape index (κ1) is 44.3. The molecule has 11 nitrogen and oxygen atoms in total. The molecular formula is C41H62N4O7. The molecule has 0 radical (unpaired) electrons. The van der Waals surface area contributed by atoms with Crippen molar-refractivity contribution < 1.29 is 34.1 Å². The van der Waals surface area contributed by atoms with Gasteiger partial charge in [0.15, 0.2) is 0 Å². The topological polar surface area (TPSA) is 150 Å². The number of aromatic nitrogens is 1. The van der Waals surface area contributed by atoms with Crippen molar-refractivity contribution >= 4 is 17.8 Å². The molecule has 0 unspecified atom stereocenters. The molecule has 1 aromatic rings. The highest BCUT2D eigenvalue weighted by Crippen LogP contribution is 2.09. The highest BCUT2D eigenvalue weighted by Gasteiger charge is 2.25. The number of carbonyl (C=O) groups is 3. The molecule has 4 N–H and O–H groups in total. The van der Waals surface area contributed by atoms with Gasteiger partial charge in [0.25, 0.3) is 5.91 Å². The Morgan fingerprint density at radius 1 is 0.885 bits per heavy atom. The number of allylic oxidation sites excluding steroid dienone is 10. The van der Waals surface area contributed by atoms with Gasteiger partial charge in [0.1, 0.15) is 12.1 Å². The summed E-state index contributed by atoms with van der Waals surface area (Å²) in [5, 5.41) is 24.4. The van der Waals surface area contributed by atoms with Crippen LogP contribution in [-0.4, -0.2) is 103 Å². The third-order valence-electron chi connectivity index (χ3n) is 8.33. The summed E-state index contributed by atoms with van der Waals surface area (Å²) in [4.78, 5) is 44.9. The van der Waals surface area contributed by atoms with E-state index in [0.29, 0.717) is 31.4 Å². The zero-order valence-electron chi connectivity index (χ0n) is 31.1.